The molecule has 0 saturated heterocycles. The van der Waals surface area contributed by atoms with E-state index in [1.165, 1.54) is 12.1 Å². The molecule has 24 heavy (non-hydrogen) atoms. The van der Waals surface area contributed by atoms with E-state index in [0.29, 0.717) is 5.56 Å². The number of nitrogens with zero attached hydrogens (tertiary/aromatic N) is 1. The summed E-state index contributed by atoms with van der Waals surface area (Å²) >= 11 is 0. The molecule has 6 heteroatoms. The van der Waals surface area contributed by atoms with Crippen molar-refractivity contribution in [2.24, 2.45) is 5.14 Å². The predicted octanol–water partition coefficient (Wildman–Crippen LogP) is 2.78. The third kappa shape index (κ3) is 3.83. The first-order chi connectivity index (χ1) is 11.1. The summed E-state index contributed by atoms with van der Waals surface area (Å²) in [7, 11) is -1.98. The fourth-order valence-electron chi connectivity index (χ4n) is 2.41. The normalized spacial score (nSPS) is 12.7. The topological polar surface area (TPSA) is 80.5 Å². The molecule has 5 nitrogen and oxygen atoms in total. The first kappa shape index (κ1) is 18.2. The van der Waals surface area contributed by atoms with Crippen LogP contribution in [0.25, 0.3) is 0 Å². The summed E-state index contributed by atoms with van der Waals surface area (Å²) in [5.74, 6) is -0.0823. The number of carbonyl (C=O) groups is 1. The van der Waals surface area contributed by atoms with Crippen LogP contribution in [0.2, 0.25) is 0 Å². The molecule has 0 radical (unpaired) electrons. The van der Waals surface area contributed by atoms with Crippen molar-refractivity contribution in [3.8, 4) is 0 Å². The highest BCUT2D eigenvalue weighted by Gasteiger charge is 2.20. The number of rotatable bonds is 4. The summed E-state index contributed by atoms with van der Waals surface area (Å²) in [6, 6.07) is 11.7. The van der Waals surface area contributed by atoms with Gasteiger partial charge < -0.3 is 4.90 Å². The number of amides is 1. The number of benzene rings is 2. The summed E-state index contributed by atoms with van der Waals surface area (Å²) in [4.78, 5) is 14.4. The van der Waals surface area contributed by atoms with Crippen molar-refractivity contribution in [2.45, 2.75) is 31.7 Å². The highest BCUT2D eigenvalue weighted by atomic mass is 32.2. The van der Waals surface area contributed by atoms with Gasteiger partial charge in [0.05, 0.1) is 10.9 Å². The smallest absolute Gasteiger partial charge is 0.254 e. The molecule has 2 N–H and O–H groups in total. The Balaban J connectivity index is 2.23. The van der Waals surface area contributed by atoms with Crippen LogP contribution in [0.5, 0.6) is 0 Å². The van der Waals surface area contributed by atoms with Gasteiger partial charge in [0.25, 0.3) is 5.91 Å². The van der Waals surface area contributed by atoms with E-state index in [0.717, 1.165) is 16.7 Å². The van der Waals surface area contributed by atoms with Crippen molar-refractivity contribution >= 4 is 15.9 Å². The predicted molar refractivity (Wildman–Crippen MR) is 94.2 cm³/mol. The number of carbonyl (C=O) groups excluding carboxylic acids is 1. The minimum absolute atomic E-state index is 0.0570. The molecule has 0 aromatic heterocycles. The van der Waals surface area contributed by atoms with Crippen molar-refractivity contribution in [1.82, 2.24) is 4.90 Å². The Morgan fingerprint density at radius 1 is 1.04 bits per heavy atom. The average molecular weight is 346 g/mol. The highest BCUT2D eigenvalue weighted by molar-refractivity contribution is 7.89. The quantitative estimate of drug-likeness (QED) is 0.924. The van der Waals surface area contributed by atoms with Crippen LogP contribution in [-0.4, -0.2) is 26.3 Å². The first-order valence-electron chi connectivity index (χ1n) is 7.58. The lowest BCUT2D eigenvalue weighted by Gasteiger charge is -2.26. The number of sulfonamides is 1. The van der Waals surface area contributed by atoms with Crippen LogP contribution in [-0.2, 0) is 10.0 Å². The monoisotopic (exact) mass is 346 g/mol. The number of hydrogen-bond acceptors (Lipinski definition) is 3. The van der Waals surface area contributed by atoms with E-state index >= 15 is 0 Å². The Morgan fingerprint density at radius 3 is 2.12 bits per heavy atom. The third-order valence-electron chi connectivity index (χ3n) is 4.35. The lowest BCUT2D eigenvalue weighted by molar-refractivity contribution is 0.0742. The molecule has 2 rings (SSSR count). The standard InChI is InChI=1S/C18H22N2O3S/c1-12-5-6-16(11-13(12)2)18(21)20(4)14(3)15-7-9-17(10-8-15)24(19,22)23/h5-11,14H,1-4H3,(H2,19,22,23). The van der Waals surface area contributed by atoms with Gasteiger partial charge >= 0.3 is 0 Å². The molecule has 0 spiro atoms. The van der Waals surface area contributed by atoms with Crippen LogP contribution in [0.4, 0.5) is 0 Å². The zero-order chi connectivity index (χ0) is 18.1. The van der Waals surface area contributed by atoms with Crippen LogP contribution in [0.15, 0.2) is 47.4 Å². The molecule has 2 aromatic carbocycles. The fourth-order valence-corrected chi connectivity index (χ4v) is 2.93. The maximum absolute atomic E-state index is 12.7. The second kappa shape index (κ2) is 6.75. The Labute approximate surface area is 143 Å². The molecule has 0 bridgehead atoms. The lowest BCUT2D eigenvalue weighted by atomic mass is 10.0. The molecule has 0 aliphatic carbocycles. The molecular formula is C18H22N2O3S. The van der Waals surface area contributed by atoms with Gasteiger partial charge in [0.1, 0.15) is 0 Å². The summed E-state index contributed by atoms with van der Waals surface area (Å²) in [6.07, 6.45) is 0. The molecule has 128 valence electrons. The molecule has 1 amide bonds. The van der Waals surface area contributed by atoms with E-state index in [4.69, 9.17) is 5.14 Å². The van der Waals surface area contributed by atoms with E-state index < -0.39 is 10.0 Å². The van der Waals surface area contributed by atoms with Gasteiger partial charge in [-0.05, 0) is 61.7 Å². The maximum atomic E-state index is 12.7. The molecule has 2 aromatic rings. The second-order valence-corrected chi connectivity index (χ2v) is 7.57. The second-order valence-electron chi connectivity index (χ2n) is 6.01. The number of primary sulfonamides is 1. The maximum Gasteiger partial charge on any atom is 0.254 e. The van der Waals surface area contributed by atoms with Crippen LogP contribution in [0.3, 0.4) is 0 Å². The zero-order valence-electron chi connectivity index (χ0n) is 14.3. The van der Waals surface area contributed by atoms with Crippen molar-refractivity contribution in [2.75, 3.05) is 7.05 Å². The number of hydrogen-bond donors (Lipinski definition) is 1. The molecule has 0 aliphatic heterocycles. The van der Waals surface area contributed by atoms with Crippen molar-refractivity contribution in [1.29, 1.82) is 0 Å². The Morgan fingerprint density at radius 2 is 1.62 bits per heavy atom. The molecule has 0 aliphatic rings. The largest absolute Gasteiger partial charge is 0.335 e. The van der Waals surface area contributed by atoms with Gasteiger partial charge in [-0.3, -0.25) is 4.79 Å². The average Bonchev–Trinajstić information content (AvgIpc) is 2.54. The minimum Gasteiger partial charge on any atom is -0.335 e. The van der Waals surface area contributed by atoms with E-state index in [1.54, 1.807) is 24.1 Å². The van der Waals surface area contributed by atoms with Crippen LogP contribution < -0.4 is 5.14 Å². The Hall–Kier alpha value is -2.18. The van der Waals surface area contributed by atoms with Gasteiger partial charge in [0, 0.05) is 12.6 Å². The van der Waals surface area contributed by atoms with Crippen molar-refractivity contribution < 1.29 is 13.2 Å². The number of aryl methyl sites for hydroxylation is 2. The third-order valence-corrected chi connectivity index (χ3v) is 5.28. The first-order valence-corrected chi connectivity index (χ1v) is 9.13. The van der Waals surface area contributed by atoms with Gasteiger partial charge in [-0.1, -0.05) is 18.2 Å². The van der Waals surface area contributed by atoms with Crippen LogP contribution in [0.1, 0.15) is 40.0 Å². The van der Waals surface area contributed by atoms with Crippen molar-refractivity contribution in [3.05, 3.63) is 64.7 Å². The van der Waals surface area contributed by atoms with Gasteiger partial charge in [0.2, 0.25) is 10.0 Å². The zero-order valence-corrected chi connectivity index (χ0v) is 15.1. The molecule has 1 atom stereocenters. The van der Waals surface area contributed by atoms with E-state index in [9.17, 15) is 13.2 Å². The number of nitrogens with two attached hydrogens (primary N) is 1. The van der Waals surface area contributed by atoms with Gasteiger partial charge in [-0.2, -0.15) is 0 Å². The summed E-state index contributed by atoms with van der Waals surface area (Å²) < 4.78 is 22.6. The van der Waals surface area contributed by atoms with E-state index in [1.807, 2.05) is 39.0 Å². The van der Waals surface area contributed by atoms with E-state index in [2.05, 4.69) is 0 Å². The van der Waals surface area contributed by atoms with Gasteiger partial charge in [-0.15, -0.1) is 0 Å². The summed E-state index contributed by atoms with van der Waals surface area (Å²) in [5.41, 5.74) is 3.68. The van der Waals surface area contributed by atoms with Gasteiger partial charge in [0.15, 0.2) is 0 Å². The summed E-state index contributed by atoms with van der Waals surface area (Å²) in [5, 5.41) is 5.10. The molecule has 0 saturated carbocycles. The lowest BCUT2D eigenvalue weighted by Crippen LogP contribution is -2.29. The minimum atomic E-state index is -3.71. The SMILES string of the molecule is Cc1ccc(C(=O)N(C)C(C)c2ccc(S(N)(=O)=O)cc2)cc1C. The van der Waals surface area contributed by atoms with Crippen molar-refractivity contribution in [3.63, 3.8) is 0 Å². The van der Waals surface area contributed by atoms with Crippen LogP contribution >= 0.6 is 0 Å². The molecular weight excluding hydrogens is 324 g/mol. The highest BCUT2D eigenvalue weighted by Crippen LogP contribution is 2.22. The Kier molecular flexibility index (Phi) is 5.11. The molecule has 0 heterocycles. The molecule has 0 fully saturated rings. The summed E-state index contributed by atoms with van der Waals surface area (Å²) in [6.45, 7) is 5.87. The fraction of sp³-hybridized carbons (Fsp3) is 0.278. The van der Waals surface area contributed by atoms with Crippen LogP contribution in [0, 0.1) is 13.8 Å². The van der Waals surface area contributed by atoms with E-state index in [-0.39, 0.29) is 16.8 Å². The van der Waals surface area contributed by atoms with Gasteiger partial charge in [-0.25, -0.2) is 13.6 Å². The molecule has 1 unspecified atom stereocenters. The Bertz CT molecular complexity index is 858.